The lowest BCUT2D eigenvalue weighted by Gasteiger charge is -2.38. The highest BCUT2D eigenvalue weighted by Gasteiger charge is 2.36. The Labute approximate surface area is 324 Å². The van der Waals surface area contributed by atoms with Crippen molar-refractivity contribution in [2.75, 3.05) is 16.3 Å². The maximum absolute atomic E-state index is 4.79. The first-order valence-electron chi connectivity index (χ1n) is 18.9. The lowest BCUT2D eigenvalue weighted by molar-refractivity contribution is 0.960. The van der Waals surface area contributed by atoms with Gasteiger partial charge in [0.1, 0.15) is 0 Å². The Bertz CT molecular complexity index is 2440. The van der Waals surface area contributed by atoms with Crippen LogP contribution >= 0.6 is 11.3 Å². The van der Waals surface area contributed by atoms with E-state index in [0.29, 0.717) is 0 Å². The van der Waals surface area contributed by atoms with Gasteiger partial charge < -0.3 is 9.80 Å². The molecule has 1 aromatic heterocycles. The molecule has 0 saturated heterocycles. The summed E-state index contributed by atoms with van der Waals surface area (Å²) in [6, 6.07) is 37.0. The average molecular weight is 717 g/mol. The zero-order valence-electron chi connectivity index (χ0n) is 31.0. The molecule has 5 aromatic rings. The van der Waals surface area contributed by atoms with Gasteiger partial charge in [0.2, 0.25) is 0 Å². The van der Waals surface area contributed by atoms with Crippen LogP contribution in [0.3, 0.4) is 0 Å². The van der Waals surface area contributed by atoms with Crippen molar-refractivity contribution < 1.29 is 0 Å². The molecular formula is C51H44N2S. The summed E-state index contributed by atoms with van der Waals surface area (Å²) < 4.78 is 0. The van der Waals surface area contributed by atoms with Crippen LogP contribution in [0.4, 0.5) is 11.4 Å². The summed E-state index contributed by atoms with van der Waals surface area (Å²) >= 11 is 1.87. The first-order valence-corrected chi connectivity index (χ1v) is 19.7. The molecule has 3 heterocycles. The molecule has 4 aliphatic rings. The Hall–Kier alpha value is -6.16. The van der Waals surface area contributed by atoms with E-state index in [-0.39, 0.29) is 0 Å². The van der Waals surface area contributed by atoms with E-state index in [1.165, 1.54) is 82.6 Å². The number of hydrogen-bond donors (Lipinski definition) is 0. The quantitative estimate of drug-likeness (QED) is 0.148. The van der Waals surface area contributed by atoms with Gasteiger partial charge in [-0.15, -0.1) is 11.3 Å². The summed E-state index contributed by atoms with van der Waals surface area (Å²) in [5, 5.41) is 0. The van der Waals surface area contributed by atoms with Gasteiger partial charge in [0, 0.05) is 62.7 Å². The SMILES string of the molecule is C=C/C=C\C=C1\C2=C(CC(c3ccc4c(c3)C(=C)c3c(sc5c3CC=C5)/C=C\N4C/C=C\c3ccccc3)=C2)N1c1ccc(-c2ccccc2)cc1.CC. The monoisotopic (exact) mass is 716 g/mol. The van der Waals surface area contributed by atoms with Crippen molar-refractivity contribution in [2.45, 2.75) is 26.7 Å². The molecule has 0 amide bonds. The largest absolute Gasteiger partial charge is 0.344 e. The predicted molar refractivity (Wildman–Crippen MR) is 236 cm³/mol. The van der Waals surface area contributed by atoms with E-state index in [9.17, 15) is 0 Å². The molecule has 0 unspecified atom stereocenters. The van der Waals surface area contributed by atoms with E-state index in [1.807, 2.05) is 37.3 Å². The van der Waals surface area contributed by atoms with Crippen molar-refractivity contribution in [3.63, 3.8) is 0 Å². The molecule has 264 valence electrons. The normalized spacial score (nSPS) is 16.7. The number of hydrogen-bond acceptors (Lipinski definition) is 3. The standard InChI is InChI=1S/C49H38N2S.C2H6/c1-3-4-7-20-45-43-32-39(33-46(43)51(45)40-25-22-37(23-26-40)36-17-10-6-11-18-36)38-24-27-44-42(31-38)34(2)49-41-19-12-21-47(41)52-48(49)28-30-50(44)29-13-16-35-14-8-5-9-15-35;1-2/h3-18,20-28,30-32H,1-2,19,29,33H2;1-2H3/b7-4-,16-13-,30-28-,45-20-;. The fraction of sp³-hybridized carbons (Fsp3) is 0.0980. The summed E-state index contributed by atoms with van der Waals surface area (Å²) in [4.78, 5) is 7.41. The molecule has 0 bridgehead atoms. The summed E-state index contributed by atoms with van der Waals surface area (Å²) in [6.45, 7) is 13.4. The third-order valence-corrected chi connectivity index (χ3v) is 11.4. The first-order chi connectivity index (χ1) is 26.7. The van der Waals surface area contributed by atoms with Crippen molar-refractivity contribution in [1.29, 1.82) is 0 Å². The van der Waals surface area contributed by atoms with Crippen LogP contribution in [-0.2, 0) is 6.42 Å². The molecule has 4 aromatic carbocycles. The van der Waals surface area contributed by atoms with Crippen molar-refractivity contribution in [2.24, 2.45) is 0 Å². The molecule has 0 N–H and O–H groups in total. The maximum atomic E-state index is 4.79. The van der Waals surface area contributed by atoms with Crippen molar-refractivity contribution in [1.82, 2.24) is 0 Å². The Kier molecular flexibility index (Phi) is 9.98. The number of anilines is 2. The van der Waals surface area contributed by atoms with E-state index in [1.54, 1.807) is 0 Å². The zero-order valence-corrected chi connectivity index (χ0v) is 31.8. The molecule has 0 radical (unpaired) electrons. The lowest BCUT2D eigenvalue weighted by Crippen LogP contribution is -2.31. The van der Waals surface area contributed by atoms with E-state index in [2.05, 4.69) is 174 Å². The van der Waals surface area contributed by atoms with Crippen LogP contribution in [0.5, 0.6) is 0 Å². The Morgan fingerprint density at radius 1 is 0.796 bits per heavy atom. The van der Waals surface area contributed by atoms with Crippen LogP contribution in [-0.4, -0.2) is 6.54 Å². The van der Waals surface area contributed by atoms with E-state index < -0.39 is 0 Å². The van der Waals surface area contributed by atoms with Crippen LogP contribution in [0.25, 0.3) is 40.5 Å². The van der Waals surface area contributed by atoms with Crippen LogP contribution in [0, 0.1) is 0 Å². The molecule has 54 heavy (non-hydrogen) atoms. The highest BCUT2D eigenvalue weighted by Crippen LogP contribution is 2.51. The number of allylic oxidation sites excluding steroid dienone is 7. The van der Waals surface area contributed by atoms with Gasteiger partial charge in [-0.25, -0.2) is 0 Å². The second-order valence-electron chi connectivity index (χ2n) is 13.4. The molecule has 2 nitrogen and oxygen atoms in total. The number of rotatable bonds is 8. The van der Waals surface area contributed by atoms with Crippen LogP contribution < -0.4 is 9.80 Å². The maximum Gasteiger partial charge on any atom is 0.0549 e. The highest BCUT2D eigenvalue weighted by molar-refractivity contribution is 7.14. The molecule has 0 spiro atoms. The molecule has 0 fully saturated rings. The Morgan fingerprint density at radius 3 is 2.31 bits per heavy atom. The highest BCUT2D eigenvalue weighted by atomic mass is 32.1. The minimum Gasteiger partial charge on any atom is -0.344 e. The third kappa shape index (κ3) is 6.53. The van der Waals surface area contributed by atoms with Crippen molar-refractivity contribution in [3.05, 3.63) is 220 Å². The number of fused-ring (bicyclic) bond motifs is 4. The minimum absolute atomic E-state index is 0.758. The first kappa shape index (κ1) is 34.9. The van der Waals surface area contributed by atoms with Gasteiger partial charge in [0.25, 0.3) is 0 Å². The second kappa shape index (κ2) is 15.4. The Morgan fingerprint density at radius 2 is 1.54 bits per heavy atom. The van der Waals surface area contributed by atoms with Gasteiger partial charge in [0.15, 0.2) is 0 Å². The molecule has 0 atom stereocenters. The zero-order chi connectivity index (χ0) is 37.0. The summed E-state index contributed by atoms with van der Waals surface area (Å²) in [6.07, 6.45) is 25.9. The fourth-order valence-corrected chi connectivity index (χ4v) is 8.91. The van der Waals surface area contributed by atoms with Crippen molar-refractivity contribution in [3.8, 4) is 11.1 Å². The van der Waals surface area contributed by atoms with Gasteiger partial charge in [-0.05, 0) is 94.0 Å². The summed E-state index contributed by atoms with van der Waals surface area (Å²) in [5.74, 6) is 0. The van der Waals surface area contributed by atoms with E-state index in [0.717, 1.165) is 25.0 Å². The molecule has 9 rings (SSSR count). The average Bonchev–Trinajstić information content (AvgIpc) is 3.93. The van der Waals surface area contributed by atoms with Gasteiger partial charge >= 0.3 is 0 Å². The predicted octanol–water partition coefficient (Wildman–Crippen LogP) is 13.8. The fourth-order valence-electron chi connectivity index (χ4n) is 7.72. The summed E-state index contributed by atoms with van der Waals surface area (Å²) in [7, 11) is 0. The third-order valence-electron chi connectivity index (χ3n) is 10.3. The topological polar surface area (TPSA) is 6.48 Å². The number of benzene rings is 4. The Balaban J connectivity index is 0.00000203. The number of thiophene rings is 1. The van der Waals surface area contributed by atoms with Gasteiger partial charge in [0.05, 0.1) is 5.70 Å². The van der Waals surface area contributed by atoms with Crippen LogP contribution in [0.15, 0.2) is 182 Å². The minimum atomic E-state index is 0.758. The molecule has 3 heteroatoms. The van der Waals surface area contributed by atoms with Crippen molar-refractivity contribution >= 4 is 52.1 Å². The summed E-state index contributed by atoms with van der Waals surface area (Å²) in [5.41, 5.74) is 17.4. The smallest absolute Gasteiger partial charge is 0.0549 e. The van der Waals surface area contributed by atoms with Gasteiger partial charge in [-0.3, -0.25) is 0 Å². The van der Waals surface area contributed by atoms with Crippen LogP contribution in [0.2, 0.25) is 0 Å². The molecular weight excluding hydrogens is 673 g/mol. The van der Waals surface area contributed by atoms with Gasteiger partial charge in [-0.2, -0.15) is 0 Å². The van der Waals surface area contributed by atoms with E-state index in [4.69, 9.17) is 6.58 Å². The van der Waals surface area contributed by atoms with Gasteiger partial charge in [-0.1, -0.05) is 142 Å². The molecule has 0 saturated carbocycles. The number of nitrogens with zero attached hydrogens (tertiary/aromatic N) is 2. The lowest BCUT2D eigenvalue weighted by atomic mass is 9.90. The van der Waals surface area contributed by atoms with Crippen LogP contribution in [0.1, 0.15) is 57.8 Å². The molecule has 2 aliphatic heterocycles. The second-order valence-corrected chi connectivity index (χ2v) is 14.5. The van der Waals surface area contributed by atoms with E-state index >= 15 is 0 Å². The molecule has 2 aliphatic carbocycles.